The Hall–Kier alpha value is -3.50. The van der Waals surface area contributed by atoms with Crippen LogP contribution in [0.2, 0.25) is 0 Å². The van der Waals surface area contributed by atoms with Crippen LogP contribution >= 0.6 is 11.3 Å². The number of hydrogen-bond donors (Lipinski definition) is 2. The number of thiophene rings is 1. The van der Waals surface area contributed by atoms with E-state index in [-0.39, 0.29) is 50.6 Å². The number of fused-ring (bicyclic) bond motifs is 4. The molecule has 9 nitrogen and oxygen atoms in total. The van der Waals surface area contributed by atoms with Gasteiger partial charge in [-0.3, -0.25) is 9.88 Å². The molecule has 0 bridgehead atoms. The quantitative estimate of drug-likeness (QED) is 0.387. The van der Waals surface area contributed by atoms with Crippen LogP contribution in [0.1, 0.15) is 36.0 Å². The maximum Gasteiger partial charge on any atom is 0.226 e. The van der Waals surface area contributed by atoms with Gasteiger partial charge in [0.05, 0.1) is 35.4 Å². The van der Waals surface area contributed by atoms with E-state index in [1.807, 2.05) is 0 Å². The Labute approximate surface area is 232 Å². The van der Waals surface area contributed by atoms with E-state index in [0.29, 0.717) is 28.5 Å². The van der Waals surface area contributed by atoms with Crippen molar-refractivity contribution in [2.45, 2.75) is 44.1 Å². The summed E-state index contributed by atoms with van der Waals surface area (Å²) >= 11 is 0.963. The Balaban J connectivity index is 1.23. The van der Waals surface area contributed by atoms with Gasteiger partial charge in [0.25, 0.3) is 0 Å². The van der Waals surface area contributed by atoms with Gasteiger partial charge in [-0.2, -0.15) is 5.26 Å². The number of nitrogens with two attached hydrogens (primary N) is 1. The fourth-order valence-electron chi connectivity index (χ4n) is 6.70. The van der Waals surface area contributed by atoms with Gasteiger partial charge in [-0.15, -0.1) is 11.3 Å². The standard InChI is InChI=1S/C28H26F2N8OS/c29-19-9-33-24(21-15(7-31)26(32)40-25(19)21)20-18-12-39-11-17(18)16-8-34-27(36-23(16)22(20)30)37-5-1-14(10-37)38-6-4-35-28(13-38)2-3-28/h8-9,14,35H,1-6,10-13,32H2. The van der Waals surface area contributed by atoms with Crippen LogP contribution in [0.5, 0.6) is 0 Å². The molecule has 0 amide bonds. The zero-order valence-corrected chi connectivity index (χ0v) is 22.5. The van der Waals surface area contributed by atoms with Crippen LogP contribution in [-0.4, -0.2) is 64.2 Å². The van der Waals surface area contributed by atoms with Gasteiger partial charge in [0.2, 0.25) is 5.95 Å². The summed E-state index contributed by atoms with van der Waals surface area (Å²) in [5, 5.41) is 14.4. The first-order valence-corrected chi connectivity index (χ1v) is 14.4. The third-order valence-electron chi connectivity index (χ3n) is 8.95. The van der Waals surface area contributed by atoms with Crippen molar-refractivity contribution < 1.29 is 13.5 Å². The summed E-state index contributed by atoms with van der Waals surface area (Å²) < 4.78 is 37.2. The molecule has 1 aliphatic carbocycles. The molecule has 6 heterocycles. The molecule has 8 rings (SSSR count). The monoisotopic (exact) mass is 560 g/mol. The highest BCUT2D eigenvalue weighted by Crippen LogP contribution is 2.45. The minimum Gasteiger partial charge on any atom is -0.389 e. The molecule has 0 radical (unpaired) electrons. The Morgan fingerprint density at radius 1 is 1.18 bits per heavy atom. The van der Waals surface area contributed by atoms with E-state index < -0.39 is 11.6 Å². The topological polar surface area (TPSA) is 116 Å². The molecular weight excluding hydrogens is 534 g/mol. The van der Waals surface area contributed by atoms with Crippen LogP contribution in [0.25, 0.3) is 32.2 Å². The van der Waals surface area contributed by atoms with Gasteiger partial charge < -0.3 is 20.7 Å². The number of piperazine rings is 1. The molecular formula is C28H26F2N8OS. The maximum absolute atomic E-state index is 16.6. The van der Waals surface area contributed by atoms with Gasteiger partial charge in [-0.25, -0.2) is 18.7 Å². The van der Waals surface area contributed by atoms with E-state index in [2.05, 4.69) is 31.2 Å². The van der Waals surface area contributed by atoms with E-state index in [0.717, 1.165) is 62.2 Å². The highest BCUT2D eigenvalue weighted by Gasteiger charge is 2.47. The molecule has 1 unspecified atom stereocenters. The lowest BCUT2D eigenvalue weighted by Crippen LogP contribution is -2.56. The van der Waals surface area contributed by atoms with Crippen molar-refractivity contribution >= 4 is 43.3 Å². The van der Waals surface area contributed by atoms with E-state index in [9.17, 15) is 9.65 Å². The van der Waals surface area contributed by atoms with E-state index in [1.165, 1.54) is 12.8 Å². The lowest BCUT2D eigenvalue weighted by atomic mass is 9.94. The summed E-state index contributed by atoms with van der Waals surface area (Å²) in [6.07, 6.45) is 6.24. The fraction of sp³-hybridized carbons (Fsp3) is 0.429. The molecule has 1 atom stereocenters. The minimum atomic E-state index is -0.601. The van der Waals surface area contributed by atoms with Crippen molar-refractivity contribution in [3.05, 3.63) is 40.7 Å². The third kappa shape index (κ3) is 3.55. The number of nitrogens with zero attached hydrogens (tertiary/aromatic N) is 6. The molecule has 3 aromatic heterocycles. The first kappa shape index (κ1) is 24.3. The second kappa shape index (κ2) is 8.75. The van der Waals surface area contributed by atoms with Gasteiger partial charge >= 0.3 is 0 Å². The molecule has 4 aliphatic rings. The summed E-state index contributed by atoms with van der Waals surface area (Å²) in [5.74, 6) is -0.688. The number of benzene rings is 1. The SMILES string of the molecule is N#Cc1c(N)sc2c(F)cnc(-c3c4c(c5cnc(N6CCC(N7CCNC8(CC8)C7)C6)nc5c3F)COC4)c12. The van der Waals surface area contributed by atoms with Crippen molar-refractivity contribution in [2.75, 3.05) is 43.4 Å². The lowest BCUT2D eigenvalue weighted by Gasteiger charge is -2.37. The number of anilines is 2. The number of pyridine rings is 1. The highest BCUT2D eigenvalue weighted by atomic mass is 32.1. The molecule has 3 aliphatic heterocycles. The number of hydrogen-bond acceptors (Lipinski definition) is 10. The van der Waals surface area contributed by atoms with Gasteiger partial charge in [0, 0.05) is 66.8 Å². The third-order valence-corrected chi connectivity index (χ3v) is 9.98. The maximum atomic E-state index is 16.6. The van der Waals surface area contributed by atoms with Gasteiger partial charge in [0.1, 0.15) is 16.6 Å². The van der Waals surface area contributed by atoms with Gasteiger partial charge in [-0.05, 0) is 30.4 Å². The highest BCUT2D eigenvalue weighted by molar-refractivity contribution is 7.23. The molecule has 4 aromatic rings. The Morgan fingerprint density at radius 3 is 2.85 bits per heavy atom. The molecule has 12 heteroatoms. The van der Waals surface area contributed by atoms with E-state index in [4.69, 9.17) is 15.5 Å². The summed E-state index contributed by atoms with van der Waals surface area (Å²) in [6.45, 7) is 5.16. The minimum absolute atomic E-state index is 0.0986. The van der Waals surface area contributed by atoms with Crippen molar-refractivity contribution in [1.29, 1.82) is 5.26 Å². The molecule has 2 saturated heterocycles. The summed E-state index contributed by atoms with van der Waals surface area (Å²) in [7, 11) is 0. The van der Waals surface area contributed by atoms with Crippen molar-refractivity contribution in [2.24, 2.45) is 0 Å². The average molecular weight is 561 g/mol. The molecule has 1 saturated carbocycles. The number of aromatic nitrogens is 3. The zero-order chi connectivity index (χ0) is 27.2. The predicted molar refractivity (Wildman–Crippen MR) is 148 cm³/mol. The molecule has 3 fully saturated rings. The number of nitrogens with one attached hydrogen (secondary N) is 1. The first-order valence-electron chi connectivity index (χ1n) is 13.5. The summed E-state index contributed by atoms with van der Waals surface area (Å²) in [6, 6.07) is 2.47. The first-order chi connectivity index (χ1) is 19.5. The number of halogens is 2. The number of rotatable bonds is 3. The Bertz CT molecular complexity index is 1760. The van der Waals surface area contributed by atoms with Crippen molar-refractivity contribution in [3.8, 4) is 17.3 Å². The molecule has 3 N–H and O–H groups in total. The van der Waals surface area contributed by atoms with Crippen LogP contribution in [0.3, 0.4) is 0 Å². The second-order valence-corrected chi connectivity index (χ2v) is 12.3. The van der Waals surface area contributed by atoms with Gasteiger partial charge in [-0.1, -0.05) is 0 Å². The van der Waals surface area contributed by atoms with E-state index >= 15 is 4.39 Å². The summed E-state index contributed by atoms with van der Waals surface area (Å²) in [4.78, 5) is 18.4. The van der Waals surface area contributed by atoms with Crippen LogP contribution in [0.4, 0.5) is 19.7 Å². The van der Waals surface area contributed by atoms with Crippen molar-refractivity contribution in [3.63, 3.8) is 0 Å². The molecule has 1 spiro atoms. The van der Waals surface area contributed by atoms with Crippen LogP contribution in [0, 0.1) is 23.0 Å². The molecule has 1 aromatic carbocycles. The Kier molecular flexibility index (Phi) is 5.32. The summed E-state index contributed by atoms with van der Waals surface area (Å²) in [5.41, 5.74) is 8.39. The van der Waals surface area contributed by atoms with Crippen LogP contribution in [0.15, 0.2) is 12.4 Å². The van der Waals surface area contributed by atoms with Crippen LogP contribution < -0.4 is 16.0 Å². The van der Waals surface area contributed by atoms with Crippen molar-refractivity contribution in [1.82, 2.24) is 25.2 Å². The van der Waals surface area contributed by atoms with E-state index in [1.54, 1.807) is 6.20 Å². The zero-order valence-electron chi connectivity index (χ0n) is 21.6. The Morgan fingerprint density at radius 2 is 2.02 bits per heavy atom. The smallest absolute Gasteiger partial charge is 0.226 e. The van der Waals surface area contributed by atoms with Crippen LogP contribution in [-0.2, 0) is 18.0 Å². The number of ether oxygens (including phenoxy) is 1. The largest absolute Gasteiger partial charge is 0.389 e. The fourth-order valence-corrected chi connectivity index (χ4v) is 7.62. The molecule has 204 valence electrons. The normalized spacial score (nSPS) is 21.9. The van der Waals surface area contributed by atoms with Gasteiger partial charge in [0.15, 0.2) is 11.6 Å². The number of nitriles is 1. The predicted octanol–water partition coefficient (Wildman–Crippen LogP) is 3.69. The molecule has 40 heavy (non-hydrogen) atoms. The average Bonchev–Trinajstić information content (AvgIpc) is 3.36. The number of nitrogen functional groups attached to an aromatic ring is 1. The second-order valence-electron chi connectivity index (χ2n) is 11.2. The lowest BCUT2D eigenvalue weighted by molar-refractivity contribution is 0.135.